The smallest absolute Gasteiger partial charge is 0.323 e. The van der Waals surface area contributed by atoms with Crippen LogP contribution in [-0.2, 0) is 16.2 Å². The number of hydrogen-bond donors (Lipinski definition) is 1. The average molecular weight is 552 g/mol. The standard InChI is InChI=1S/C19H11BrCl3NO5S/c20-11-3-10(6-15-18(27)24(7-16(25)26)19(28)30-15)5-14(23)17(11)29-8-9-1-2-12(21)13(22)4-9/h1-6H,7-8H2,(H,25,26)/b15-6+. The maximum absolute atomic E-state index is 12.3. The number of nitrogens with zero attached hydrogens (tertiary/aromatic N) is 1. The van der Waals surface area contributed by atoms with Gasteiger partial charge in [-0.15, -0.1) is 0 Å². The van der Waals surface area contributed by atoms with Crippen LogP contribution < -0.4 is 4.74 Å². The number of aliphatic carboxylic acids is 1. The van der Waals surface area contributed by atoms with Crippen LogP contribution in [-0.4, -0.2) is 33.7 Å². The van der Waals surface area contributed by atoms with E-state index >= 15 is 0 Å². The molecule has 0 saturated carbocycles. The monoisotopic (exact) mass is 549 g/mol. The summed E-state index contributed by atoms with van der Waals surface area (Å²) in [6.45, 7) is -0.490. The Morgan fingerprint density at radius 2 is 1.87 bits per heavy atom. The van der Waals surface area contributed by atoms with Crippen LogP contribution in [0.15, 0.2) is 39.7 Å². The molecule has 1 aliphatic heterocycles. The van der Waals surface area contributed by atoms with E-state index in [0.717, 1.165) is 5.56 Å². The molecule has 0 radical (unpaired) electrons. The normalized spacial score (nSPS) is 15.2. The van der Waals surface area contributed by atoms with E-state index in [1.807, 2.05) is 0 Å². The lowest BCUT2D eigenvalue weighted by Gasteiger charge is -2.12. The van der Waals surface area contributed by atoms with Crippen LogP contribution in [0.5, 0.6) is 5.75 Å². The number of carboxylic acid groups (broad SMARTS) is 1. The third-order valence-corrected chi connectivity index (χ3v) is 6.37. The summed E-state index contributed by atoms with van der Waals surface area (Å²) in [5.41, 5.74) is 1.33. The molecule has 0 aliphatic carbocycles. The zero-order chi connectivity index (χ0) is 22.0. The summed E-state index contributed by atoms with van der Waals surface area (Å²) in [5, 5.41) is 9.32. The molecule has 0 unspecified atom stereocenters. The Morgan fingerprint density at radius 1 is 1.13 bits per heavy atom. The van der Waals surface area contributed by atoms with Gasteiger partial charge >= 0.3 is 5.97 Å². The molecule has 0 atom stereocenters. The molecule has 156 valence electrons. The molecule has 1 heterocycles. The van der Waals surface area contributed by atoms with Crippen molar-refractivity contribution in [1.82, 2.24) is 4.90 Å². The number of halogens is 4. The summed E-state index contributed by atoms with van der Waals surface area (Å²) in [4.78, 5) is 35.7. The fourth-order valence-corrected chi connectivity index (χ4v) is 4.66. The minimum atomic E-state index is -1.27. The first-order valence-electron chi connectivity index (χ1n) is 8.18. The molecule has 30 heavy (non-hydrogen) atoms. The van der Waals surface area contributed by atoms with Gasteiger partial charge in [-0.2, -0.15) is 0 Å². The van der Waals surface area contributed by atoms with Gasteiger partial charge in [-0.3, -0.25) is 19.3 Å². The number of carboxylic acids is 1. The number of rotatable bonds is 6. The van der Waals surface area contributed by atoms with Gasteiger partial charge in [0.05, 0.1) is 24.4 Å². The fraction of sp³-hybridized carbons (Fsp3) is 0.105. The van der Waals surface area contributed by atoms with Gasteiger partial charge in [0, 0.05) is 0 Å². The van der Waals surface area contributed by atoms with E-state index in [0.29, 0.717) is 42.5 Å². The predicted molar refractivity (Wildman–Crippen MR) is 120 cm³/mol. The van der Waals surface area contributed by atoms with Gasteiger partial charge < -0.3 is 9.84 Å². The summed E-state index contributed by atoms with van der Waals surface area (Å²) in [7, 11) is 0. The van der Waals surface area contributed by atoms with Crippen molar-refractivity contribution >= 4 is 85.7 Å². The second-order valence-electron chi connectivity index (χ2n) is 6.01. The van der Waals surface area contributed by atoms with Crippen LogP contribution in [0.3, 0.4) is 0 Å². The zero-order valence-electron chi connectivity index (χ0n) is 14.8. The first kappa shape index (κ1) is 23.0. The molecule has 2 aromatic rings. The topological polar surface area (TPSA) is 83.9 Å². The molecule has 6 nitrogen and oxygen atoms in total. The van der Waals surface area contributed by atoms with Gasteiger partial charge in [-0.25, -0.2) is 0 Å². The number of thioether (sulfide) groups is 1. The van der Waals surface area contributed by atoms with Gasteiger partial charge in [-0.1, -0.05) is 40.9 Å². The minimum Gasteiger partial charge on any atom is -0.486 e. The van der Waals surface area contributed by atoms with E-state index in [1.54, 1.807) is 30.3 Å². The predicted octanol–water partition coefficient (Wildman–Crippen LogP) is 6.11. The third kappa shape index (κ3) is 5.31. The number of ether oxygens (including phenoxy) is 1. The lowest BCUT2D eigenvalue weighted by atomic mass is 10.2. The SMILES string of the molecule is O=C(O)CN1C(=O)S/C(=C/c2cc(Cl)c(OCc3ccc(Cl)c(Cl)c3)c(Br)c2)C1=O. The highest BCUT2D eigenvalue weighted by atomic mass is 79.9. The quantitative estimate of drug-likeness (QED) is 0.436. The molecule has 11 heteroatoms. The van der Waals surface area contributed by atoms with Crippen molar-refractivity contribution < 1.29 is 24.2 Å². The number of carbonyl (C=O) groups is 3. The lowest BCUT2D eigenvalue weighted by molar-refractivity contribution is -0.140. The average Bonchev–Trinajstić information content (AvgIpc) is 2.91. The van der Waals surface area contributed by atoms with Crippen LogP contribution in [0.2, 0.25) is 15.1 Å². The summed E-state index contributed by atoms with van der Waals surface area (Å²) >= 11 is 22.3. The molecule has 2 amide bonds. The molecule has 2 aromatic carbocycles. The van der Waals surface area contributed by atoms with Gasteiger partial charge in [0.1, 0.15) is 13.2 Å². The van der Waals surface area contributed by atoms with Crippen molar-refractivity contribution in [3.05, 3.63) is 65.9 Å². The van der Waals surface area contributed by atoms with E-state index < -0.39 is 23.7 Å². The van der Waals surface area contributed by atoms with Crippen LogP contribution in [0.1, 0.15) is 11.1 Å². The second-order valence-corrected chi connectivity index (χ2v) is 9.08. The summed E-state index contributed by atoms with van der Waals surface area (Å²) < 4.78 is 6.30. The van der Waals surface area contributed by atoms with Crippen molar-refractivity contribution in [2.24, 2.45) is 0 Å². The largest absolute Gasteiger partial charge is 0.486 e. The number of hydrogen-bond acceptors (Lipinski definition) is 5. The Bertz CT molecular complexity index is 1070. The molecule has 3 rings (SSSR count). The van der Waals surface area contributed by atoms with Crippen LogP contribution >= 0.6 is 62.5 Å². The van der Waals surface area contributed by atoms with Crippen molar-refractivity contribution in [2.75, 3.05) is 6.54 Å². The van der Waals surface area contributed by atoms with E-state index in [1.165, 1.54) is 6.08 Å². The van der Waals surface area contributed by atoms with Gasteiger partial charge in [0.25, 0.3) is 11.1 Å². The molecule has 1 aliphatic rings. The summed E-state index contributed by atoms with van der Waals surface area (Å²) in [6.07, 6.45) is 1.46. The second kappa shape index (κ2) is 9.62. The highest BCUT2D eigenvalue weighted by molar-refractivity contribution is 9.10. The van der Waals surface area contributed by atoms with Crippen molar-refractivity contribution in [2.45, 2.75) is 6.61 Å². The number of imide groups is 1. The highest BCUT2D eigenvalue weighted by Crippen LogP contribution is 2.38. The first-order valence-corrected chi connectivity index (χ1v) is 10.9. The van der Waals surface area contributed by atoms with Crippen LogP contribution in [0.4, 0.5) is 4.79 Å². The molecule has 0 bridgehead atoms. The Labute approximate surface area is 198 Å². The molecule has 0 spiro atoms. The summed E-state index contributed by atoms with van der Waals surface area (Å²) in [5.74, 6) is -1.55. The highest BCUT2D eigenvalue weighted by Gasteiger charge is 2.36. The maximum atomic E-state index is 12.3. The van der Waals surface area contributed by atoms with Crippen LogP contribution in [0.25, 0.3) is 6.08 Å². The lowest BCUT2D eigenvalue weighted by Crippen LogP contribution is -2.33. The maximum Gasteiger partial charge on any atom is 0.323 e. The third-order valence-electron chi connectivity index (χ3n) is 3.85. The number of benzene rings is 2. The number of carbonyl (C=O) groups excluding carboxylic acids is 2. The minimum absolute atomic E-state index is 0.105. The molecule has 0 aromatic heterocycles. The molecule has 1 fully saturated rings. The Kier molecular flexibility index (Phi) is 7.36. The zero-order valence-corrected chi connectivity index (χ0v) is 19.5. The van der Waals surface area contributed by atoms with Crippen LogP contribution in [0, 0.1) is 0 Å². The molecular formula is C19H11BrCl3NO5S. The molecular weight excluding hydrogens is 541 g/mol. The van der Waals surface area contributed by atoms with Gasteiger partial charge in [0.2, 0.25) is 0 Å². The van der Waals surface area contributed by atoms with Crippen molar-refractivity contribution in [1.29, 1.82) is 0 Å². The fourth-order valence-electron chi connectivity index (χ4n) is 2.51. The Balaban J connectivity index is 1.78. The Morgan fingerprint density at radius 3 is 2.50 bits per heavy atom. The number of amides is 2. The molecule has 1 N–H and O–H groups in total. The van der Waals surface area contributed by atoms with Crippen molar-refractivity contribution in [3.8, 4) is 5.75 Å². The Hall–Kier alpha value is -1.71. The van der Waals surface area contributed by atoms with Crippen molar-refractivity contribution in [3.63, 3.8) is 0 Å². The molecule has 1 saturated heterocycles. The van der Waals surface area contributed by atoms with Gasteiger partial charge in [0.15, 0.2) is 5.75 Å². The van der Waals surface area contributed by atoms with E-state index in [2.05, 4.69) is 15.9 Å². The first-order chi connectivity index (χ1) is 14.2. The van der Waals surface area contributed by atoms with Gasteiger partial charge in [-0.05, 0) is 69.2 Å². The van der Waals surface area contributed by atoms with E-state index in [-0.39, 0.29) is 16.5 Å². The van der Waals surface area contributed by atoms with E-state index in [4.69, 9.17) is 44.6 Å². The summed E-state index contributed by atoms with van der Waals surface area (Å²) in [6, 6.07) is 8.37. The van der Waals surface area contributed by atoms with E-state index in [9.17, 15) is 14.4 Å².